The maximum absolute atomic E-state index is 12.8. The van der Waals surface area contributed by atoms with E-state index in [-0.39, 0.29) is 31.6 Å². The third kappa shape index (κ3) is 4.78. The van der Waals surface area contributed by atoms with Gasteiger partial charge in [-0.2, -0.15) is 0 Å². The Balaban J connectivity index is 1.59. The lowest BCUT2D eigenvalue weighted by Gasteiger charge is -2.21. The number of fused-ring (bicyclic) bond motifs is 1. The number of anilines is 1. The number of carbonyl (C=O) groups is 3. The van der Waals surface area contributed by atoms with Crippen LogP contribution in [0.1, 0.15) is 34.1 Å². The number of primary amides is 1. The number of nitrogens with two attached hydrogens (primary N) is 1. The van der Waals surface area contributed by atoms with Crippen molar-refractivity contribution in [2.45, 2.75) is 13.3 Å². The van der Waals surface area contributed by atoms with Gasteiger partial charge in [0.2, 0.25) is 18.6 Å². The van der Waals surface area contributed by atoms with E-state index >= 15 is 0 Å². The topological polar surface area (TPSA) is 111 Å². The number of nitrogens with zero attached hydrogens (tertiary/aromatic N) is 1. The zero-order chi connectivity index (χ0) is 21.0. The van der Waals surface area contributed by atoms with Crippen molar-refractivity contribution in [2.75, 3.05) is 25.2 Å². The van der Waals surface area contributed by atoms with Gasteiger partial charge in [0.05, 0.1) is 5.02 Å². The Kier molecular flexibility index (Phi) is 6.23. The third-order valence-corrected chi connectivity index (χ3v) is 4.69. The van der Waals surface area contributed by atoms with Crippen LogP contribution in [0.5, 0.6) is 11.5 Å². The molecule has 0 fully saturated rings. The van der Waals surface area contributed by atoms with Crippen molar-refractivity contribution in [1.29, 1.82) is 0 Å². The minimum absolute atomic E-state index is 0.0603. The predicted octanol–water partition coefficient (Wildman–Crippen LogP) is 2.66. The molecule has 8 nitrogen and oxygen atoms in total. The SMILES string of the molecule is CCN(CCC(=O)Nc1ccc(C(N)=O)cc1)C(=O)c1cc(Cl)c2c(c1)OCO2. The smallest absolute Gasteiger partial charge is 0.254 e. The number of benzene rings is 2. The standard InChI is InChI=1S/C20H20ClN3O5/c1-2-24(20(27)13-9-15(21)18-16(10-13)28-11-29-18)8-7-17(25)23-14-5-3-12(4-6-14)19(22)26/h3-6,9-10H,2,7-8,11H2,1H3,(H2,22,26)(H,23,25). The summed E-state index contributed by atoms with van der Waals surface area (Å²) in [5.74, 6) is -0.205. The lowest BCUT2D eigenvalue weighted by Crippen LogP contribution is -2.33. The number of halogens is 1. The monoisotopic (exact) mass is 417 g/mol. The van der Waals surface area contributed by atoms with E-state index in [1.807, 2.05) is 6.92 Å². The zero-order valence-corrected chi connectivity index (χ0v) is 16.5. The van der Waals surface area contributed by atoms with E-state index in [2.05, 4.69) is 5.32 Å². The lowest BCUT2D eigenvalue weighted by molar-refractivity contribution is -0.116. The first kappa shape index (κ1) is 20.5. The molecule has 3 rings (SSSR count). The van der Waals surface area contributed by atoms with Gasteiger partial charge in [0, 0.05) is 36.3 Å². The van der Waals surface area contributed by atoms with Crippen LogP contribution in [0.2, 0.25) is 5.02 Å². The minimum Gasteiger partial charge on any atom is -0.454 e. The van der Waals surface area contributed by atoms with E-state index in [4.69, 9.17) is 26.8 Å². The van der Waals surface area contributed by atoms with Gasteiger partial charge in [-0.15, -0.1) is 0 Å². The Morgan fingerprint density at radius 2 is 1.86 bits per heavy atom. The molecular weight excluding hydrogens is 398 g/mol. The molecule has 9 heteroatoms. The lowest BCUT2D eigenvalue weighted by atomic mass is 10.1. The summed E-state index contributed by atoms with van der Waals surface area (Å²) in [7, 11) is 0. The molecule has 152 valence electrons. The van der Waals surface area contributed by atoms with Gasteiger partial charge in [-0.1, -0.05) is 11.6 Å². The normalized spacial score (nSPS) is 11.8. The Hall–Kier alpha value is -3.26. The van der Waals surface area contributed by atoms with Crippen molar-refractivity contribution < 1.29 is 23.9 Å². The molecule has 0 aliphatic carbocycles. The quantitative estimate of drug-likeness (QED) is 0.719. The third-order valence-electron chi connectivity index (χ3n) is 4.41. The Labute approximate surface area is 172 Å². The van der Waals surface area contributed by atoms with Gasteiger partial charge in [0.1, 0.15) is 0 Å². The van der Waals surface area contributed by atoms with Crippen molar-refractivity contribution in [2.24, 2.45) is 5.73 Å². The first-order chi connectivity index (χ1) is 13.9. The minimum atomic E-state index is -0.538. The van der Waals surface area contributed by atoms with Crippen LogP contribution in [0.25, 0.3) is 0 Å². The average molecular weight is 418 g/mol. The van der Waals surface area contributed by atoms with Gasteiger partial charge in [0.15, 0.2) is 11.5 Å². The molecule has 3 N–H and O–H groups in total. The molecule has 1 heterocycles. The summed E-state index contributed by atoms with van der Waals surface area (Å²) >= 11 is 6.15. The molecule has 0 radical (unpaired) electrons. The largest absolute Gasteiger partial charge is 0.454 e. The van der Waals surface area contributed by atoms with E-state index < -0.39 is 5.91 Å². The second kappa shape index (κ2) is 8.83. The Bertz CT molecular complexity index is 946. The van der Waals surface area contributed by atoms with Crippen molar-refractivity contribution in [1.82, 2.24) is 4.90 Å². The maximum Gasteiger partial charge on any atom is 0.254 e. The average Bonchev–Trinajstić information content (AvgIpc) is 3.18. The fraction of sp³-hybridized carbons (Fsp3) is 0.250. The van der Waals surface area contributed by atoms with Crippen molar-refractivity contribution in [3.63, 3.8) is 0 Å². The molecule has 1 aliphatic rings. The first-order valence-electron chi connectivity index (χ1n) is 8.97. The number of hydrogen-bond acceptors (Lipinski definition) is 5. The molecule has 29 heavy (non-hydrogen) atoms. The highest BCUT2D eigenvalue weighted by Crippen LogP contribution is 2.40. The van der Waals surface area contributed by atoms with E-state index in [1.54, 1.807) is 23.1 Å². The van der Waals surface area contributed by atoms with Crippen LogP contribution in [0.15, 0.2) is 36.4 Å². The summed E-state index contributed by atoms with van der Waals surface area (Å²) in [6.07, 6.45) is 0.107. The number of hydrogen-bond donors (Lipinski definition) is 2. The fourth-order valence-electron chi connectivity index (χ4n) is 2.85. The second-order valence-corrected chi connectivity index (χ2v) is 6.72. The Morgan fingerprint density at radius 1 is 1.14 bits per heavy atom. The van der Waals surface area contributed by atoms with Gasteiger partial charge in [-0.05, 0) is 43.3 Å². The fourth-order valence-corrected chi connectivity index (χ4v) is 3.12. The molecule has 0 saturated heterocycles. The molecule has 2 aromatic rings. The van der Waals surface area contributed by atoms with Crippen molar-refractivity contribution in [3.05, 3.63) is 52.5 Å². The van der Waals surface area contributed by atoms with Crippen molar-refractivity contribution in [3.8, 4) is 11.5 Å². The molecule has 0 spiro atoms. The number of ether oxygens (including phenoxy) is 2. The van der Waals surface area contributed by atoms with Crippen LogP contribution in [-0.2, 0) is 4.79 Å². The van der Waals surface area contributed by atoms with E-state index in [1.165, 1.54) is 18.2 Å². The molecule has 0 atom stereocenters. The summed E-state index contributed by atoms with van der Waals surface area (Å²) in [5, 5.41) is 3.03. The van der Waals surface area contributed by atoms with Crippen LogP contribution in [0, 0.1) is 0 Å². The summed E-state index contributed by atoms with van der Waals surface area (Å²) in [6, 6.07) is 9.36. The Morgan fingerprint density at radius 3 is 2.52 bits per heavy atom. The van der Waals surface area contributed by atoms with Crippen molar-refractivity contribution >= 4 is 35.0 Å². The highest BCUT2D eigenvalue weighted by Gasteiger charge is 2.23. The molecule has 0 unspecified atom stereocenters. The predicted molar refractivity (Wildman–Crippen MR) is 107 cm³/mol. The van der Waals surface area contributed by atoms with Gasteiger partial charge < -0.3 is 25.4 Å². The van der Waals surface area contributed by atoms with Crippen LogP contribution < -0.4 is 20.5 Å². The van der Waals surface area contributed by atoms with E-state index in [0.717, 1.165) is 0 Å². The summed E-state index contributed by atoms with van der Waals surface area (Å²) in [5.41, 5.74) is 6.45. The molecule has 0 aromatic heterocycles. The molecule has 1 aliphatic heterocycles. The van der Waals surface area contributed by atoms with Gasteiger partial charge in [-0.25, -0.2) is 0 Å². The highest BCUT2D eigenvalue weighted by atomic mass is 35.5. The second-order valence-electron chi connectivity index (χ2n) is 6.32. The molecule has 2 aromatic carbocycles. The summed E-state index contributed by atoms with van der Waals surface area (Å²) in [4.78, 5) is 37.6. The molecule has 3 amide bonds. The molecule has 0 bridgehead atoms. The molecule has 0 saturated carbocycles. The van der Waals surface area contributed by atoms with E-state index in [0.29, 0.717) is 39.9 Å². The van der Waals surface area contributed by atoms with Gasteiger partial charge >= 0.3 is 0 Å². The number of nitrogens with one attached hydrogen (secondary N) is 1. The number of rotatable bonds is 7. The van der Waals surface area contributed by atoms with Crippen LogP contribution in [0.4, 0.5) is 5.69 Å². The van der Waals surface area contributed by atoms with Crippen LogP contribution >= 0.6 is 11.6 Å². The van der Waals surface area contributed by atoms with Crippen LogP contribution in [-0.4, -0.2) is 42.5 Å². The van der Waals surface area contributed by atoms with Crippen LogP contribution in [0.3, 0.4) is 0 Å². The van der Waals surface area contributed by atoms with E-state index in [9.17, 15) is 14.4 Å². The molecular formula is C20H20ClN3O5. The van der Waals surface area contributed by atoms with Gasteiger partial charge in [0.25, 0.3) is 5.91 Å². The number of carbonyl (C=O) groups excluding carboxylic acids is 3. The maximum atomic E-state index is 12.8. The summed E-state index contributed by atoms with van der Waals surface area (Å²) in [6.45, 7) is 2.54. The zero-order valence-electron chi connectivity index (χ0n) is 15.7. The van der Waals surface area contributed by atoms with Gasteiger partial charge in [-0.3, -0.25) is 14.4 Å². The number of amides is 3. The highest BCUT2D eigenvalue weighted by molar-refractivity contribution is 6.32. The summed E-state index contributed by atoms with van der Waals surface area (Å²) < 4.78 is 10.5. The first-order valence-corrected chi connectivity index (χ1v) is 9.35.